The van der Waals surface area contributed by atoms with E-state index in [1.165, 1.54) is 0 Å². The van der Waals surface area contributed by atoms with Crippen LogP contribution in [0.1, 0.15) is 92.6 Å². The second-order valence-electron chi connectivity index (χ2n) is 13.5. The number of anilines is 3. The van der Waals surface area contributed by atoms with Gasteiger partial charge in [-0.3, -0.25) is 14.4 Å². The van der Waals surface area contributed by atoms with Crippen molar-refractivity contribution in [1.82, 2.24) is 0 Å². The first kappa shape index (κ1) is 45.4. The number of aliphatic hydroxyl groups is 1. The molecule has 11 heteroatoms. The lowest BCUT2D eigenvalue weighted by atomic mass is 9.81. The lowest BCUT2D eigenvalue weighted by molar-refractivity contribution is -0.116. The number of ether oxygens (including phenoxy) is 4. The van der Waals surface area contributed by atoms with Gasteiger partial charge in [-0.25, -0.2) is 0 Å². The van der Waals surface area contributed by atoms with Gasteiger partial charge in [-0.2, -0.15) is 0 Å². The molecule has 2 atom stereocenters. The van der Waals surface area contributed by atoms with Crippen LogP contribution >= 0.6 is 0 Å². The molecule has 1 unspecified atom stereocenters. The highest BCUT2D eigenvalue weighted by Gasteiger charge is 2.37. The number of benzene rings is 2. The van der Waals surface area contributed by atoms with Gasteiger partial charge in [-0.05, 0) is 88.3 Å². The van der Waals surface area contributed by atoms with Gasteiger partial charge in [-0.1, -0.05) is 45.4 Å². The zero-order valence-electron chi connectivity index (χ0n) is 34.3. The molecule has 0 aromatic heterocycles. The number of hydrogen-bond donors (Lipinski definition) is 3. The van der Waals surface area contributed by atoms with Crippen LogP contribution in [0, 0.1) is 11.8 Å². The Morgan fingerprint density at radius 1 is 0.709 bits per heavy atom. The highest BCUT2D eigenvalue weighted by molar-refractivity contribution is 6.52. The monoisotopic (exact) mass is 763 g/mol. The number of Topliss-reactive ketones (excluding diaryl/α,β-unsaturated/α-hetero) is 1. The molecule has 1 aliphatic carbocycles. The number of rotatable bonds is 26. The minimum atomic E-state index is -0.374. The van der Waals surface area contributed by atoms with Crippen LogP contribution in [0.5, 0.6) is 0 Å². The summed E-state index contributed by atoms with van der Waals surface area (Å²) < 4.78 is 22.6. The Morgan fingerprint density at radius 3 is 1.82 bits per heavy atom. The lowest BCUT2D eigenvalue weighted by Crippen LogP contribution is -2.32. The van der Waals surface area contributed by atoms with E-state index in [2.05, 4.69) is 28.5 Å². The van der Waals surface area contributed by atoms with Crippen LogP contribution in [0.3, 0.4) is 0 Å². The molecule has 55 heavy (non-hydrogen) atoms. The summed E-state index contributed by atoms with van der Waals surface area (Å²) in [6.45, 7) is 19.9. The third-order valence-corrected chi connectivity index (χ3v) is 10.0. The predicted octanol–water partition coefficient (Wildman–Crippen LogP) is 6.63. The molecule has 2 amide bonds. The molecule has 304 valence electrons. The van der Waals surface area contributed by atoms with E-state index in [1.54, 1.807) is 26.0 Å². The van der Waals surface area contributed by atoms with Crippen molar-refractivity contribution in [1.29, 1.82) is 0 Å². The summed E-state index contributed by atoms with van der Waals surface area (Å²) >= 11 is 0. The van der Waals surface area contributed by atoms with E-state index in [0.717, 1.165) is 43.2 Å². The van der Waals surface area contributed by atoms with Gasteiger partial charge < -0.3 is 39.6 Å². The highest BCUT2D eigenvalue weighted by atomic mass is 16.5. The second kappa shape index (κ2) is 24.5. The van der Waals surface area contributed by atoms with Crippen molar-refractivity contribution >= 4 is 51.9 Å². The molecular weight excluding hydrogens is 698 g/mol. The molecule has 0 heterocycles. The summed E-state index contributed by atoms with van der Waals surface area (Å²) in [7, 11) is 0. The van der Waals surface area contributed by atoms with Gasteiger partial charge in [0.05, 0.1) is 30.0 Å². The number of nitrogens with zero attached hydrogens (tertiary/aromatic N) is 1. The summed E-state index contributed by atoms with van der Waals surface area (Å²) in [5, 5.41) is 18.8. The van der Waals surface area contributed by atoms with Crippen LogP contribution in [0.25, 0.3) is 17.2 Å². The number of allylic oxidation sites excluding steroid dienone is 2. The van der Waals surface area contributed by atoms with E-state index in [4.69, 9.17) is 18.9 Å². The summed E-state index contributed by atoms with van der Waals surface area (Å²) in [6, 6.07) is 11.0. The first-order valence-corrected chi connectivity index (χ1v) is 20.3. The van der Waals surface area contributed by atoms with Crippen LogP contribution in [0.2, 0.25) is 0 Å². The van der Waals surface area contributed by atoms with Crippen molar-refractivity contribution in [2.24, 2.45) is 11.8 Å². The fraction of sp³-hybridized carbons (Fsp3) is 0.568. The summed E-state index contributed by atoms with van der Waals surface area (Å²) in [6.07, 6.45) is 6.43. The van der Waals surface area contributed by atoms with Gasteiger partial charge in [0.1, 0.15) is 5.76 Å². The fourth-order valence-corrected chi connectivity index (χ4v) is 6.81. The zero-order valence-corrected chi connectivity index (χ0v) is 34.3. The second-order valence-corrected chi connectivity index (χ2v) is 13.5. The number of ketones is 1. The molecule has 0 radical (unpaired) electrons. The predicted molar refractivity (Wildman–Crippen MR) is 222 cm³/mol. The largest absolute Gasteiger partial charge is 0.506 e. The molecule has 0 saturated heterocycles. The third kappa shape index (κ3) is 13.3. The van der Waals surface area contributed by atoms with Gasteiger partial charge in [0, 0.05) is 87.7 Å². The topological polar surface area (TPSA) is 136 Å². The third-order valence-electron chi connectivity index (χ3n) is 10.0. The van der Waals surface area contributed by atoms with Crippen molar-refractivity contribution in [3.05, 3.63) is 58.2 Å². The van der Waals surface area contributed by atoms with Gasteiger partial charge in [0.2, 0.25) is 17.6 Å². The van der Waals surface area contributed by atoms with E-state index in [1.807, 2.05) is 52.0 Å². The number of hydrogen-bond acceptors (Lipinski definition) is 9. The highest BCUT2D eigenvalue weighted by Crippen LogP contribution is 2.41. The Labute approximate surface area is 328 Å². The summed E-state index contributed by atoms with van der Waals surface area (Å²) in [5.41, 5.74) is 2.35. The van der Waals surface area contributed by atoms with Crippen molar-refractivity contribution in [2.75, 3.05) is 81.5 Å². The van der Waals surface area contributed by atoms with Gasteiger partial charge in [-0.15, -0.1) is 0 Å². The van der Waals surface area contributed by atoms with E-state index >= 15 is 0 Å². The normalized spacial score (nSPS) is 15.2. The van der Waals surface area contributed by atoms with Crippen molar-refractivity contribution in [2.45, 2.75) is 87.0 Å². The summed E-state index contributed by atoms with van der Waals surface area (Å²) in [4.78, 5) is 41.6. The number of carbonyl (C=O) groups is 3. The van der Waals surface area contributed by atoms with Crippen molar-refractivity contribution < 1.29 is 38.4 Å². The minimum absolute atomic E-state index is 0.112. The molecule has 2 aromatic carbocycles. The Bertz CT molecular complexity index is 1690. The van der Waals surface area contributed by atoms with Crippen LogP contribution in [-0.4, -0.2) is 88.6 Å². The van der Waals surface area contributed by atoms with Crippen LogP contribution < -0.4 is 26.0 Å². The first-order chi connectivity index (χ1) is 26.7. The standard InChI is InChI=1S/C44H65N3O8/c1-8-32(21-25-52-11-4)33(22-26-53-12-5)17-15-31-16-19-35(37(29-31)45-39(48)9-2)41-43(50)42(44(41)51)36-20-18-34(30-38(36)46-40(49)10-3)47(23-27-54-13-6)24-28-55-14-7/h15-16,18-20,29-30,32-33,50H,8-14,17,21-28H2,1-7H3,(H,45,48)(H,46,49)/b31-15-,41-35-/t32-,33?/m0/s1. The molecule has 0 saturated carbocycles. The van der Waals surface area contributed by atoms with E-state index in [0.29, 0.717) is 93.3 Å². The Hall–Kier alpha value is -4.03. The number of carbonyl (C=O) groups excluding carboxylic acids is 3. The number of amides is 2. The molecule has 0 bridgehead atoms. The Balaban J connectivity index is 2.09. The summed E-state index contributed by atoms with van der Waals surface area (Å²) in [5.74, 6) is -0.127. The molecular formula is C44H65N3O8. The Kier molecular flexibility index (Phi) is 20.2. The lowest BCUT2D eigenvalue weighted by Gasteiger charge is -2.28. The van der Waals surface area contributed by atoms with E-state index in [-0.39, 0.29) is 47.3 Å². The van der Waals surface area contributed by atoms with Crippen molar-refractivity contribution in [3.8, 4) is 0 Å². The van der Waals surface area contributed by atoms with Crippen LogP contribution in [-0.2, 0) is 33.3 Å². The molecule has 0 aliphatic heterocycles. The number of aliphatic hydroxyl groups excluding tert-OH is 1. The Morgan fingerprint density at radius 2 is 1.27 bits per heavy atom. The zero-order chi connectivity index (χ0) is 40.2. The molecule has 11 nitrogen and oxygen atoms in total. The molecule has 0 spiro atoms. The molecule has 3 N–H and O–H groups in total. The molecule has 2 aromatic rings. The van der Waals surface area contributed by atoms with Crippen molar-refractivity contribution in [3.63, 3.8) is 0 Å². The minimum Gasteiger partial charge on any atom is -0.506 e. The maximum Gasteiger partial charge on any atom is 0.224 e. The van der Waals surface area contributed by atoms with E-state index < -0.39 is 0 Å². The van der Waals surface area contributed by atoms with Gasteiger partial charge in [0.15, 0.2) is 0 Å². The smallest absolute Gasteiger partial charge is 0.224 e. The fourth-order valence-electron chi connectivity index (χ4n) is 6.81. The molecule has 0 fully saturated rings. The molecule has 1 aliphatic rings. The van der Waals surface area contributed by atoms with E-state index in [9.17, 15) is 19.5 Å². The van der Waals surface area contributed by atoms with Gasteiger partial charge in [0.25, 0.3) is 0 Å². The maximum atomic E-state index is 14.0. The molecule has 3 rings (SSSR count). The number of nitrogens with one attached hydrogen (secondary N) is 2. The maximum absolute atomic E-state index is 14.0. The quantitative estimate of drug-likeness (QED) is 0.0903. The van der Waals surface area contributed by atoms with Gasteiger partial charge >= 0.3 is 0 Å². The van der Waals surface area contributed by atoms with Crippen LogP contribution in [0.4, 0.5) is 17.1 Å². The van der Waals surface area contributed by atoms with Crippen LogP contribution in [0.15, 0.2) is 42.2 Å². The average molecular weight is 764 g/mol. The SMILES string of the molecule is CCOCCC(C/C=c1/cc/c(=C2/C(=O)C(c3ccc(N(CCOCC)CCOCC)cc3NC(=O)CC)=C2O)c(NC(=O)CC)c1)[C@@H](CC)CCOCC. The average Bonchev–Trinajstić information content (AvgIpc) is 3.19. The first-order valence-electron chi connectivity index (χ1n) is 20.3.